The van der Waals surface area contributed by atoms with Gasteiger partial charge in [0.15, 0.2) is 0 Å². The van der Waals surface area contributed by atoms with Gasteiger partial charge in [-0.15, -0.1) is 6.58 Å². The third kappa shape index (κ3) is 8.72. The molecule has 2 aliphatic carbocycles. The van der Waals surface area contributed by atoms with E-state index in [9.17, 15) is 24.0 Å². The fraction of sp³-hybridized carbons (Fsp3) is 0.735. The van der Waals surface area contributed by atoms with Gasteiger partial charge in [-0.1, -0.05) is 52.3 Å². The number of carbonyl (C=O) groups excluding carboxylic acids is 5. The van der Waals surface area contributed by atoms with Crippen LogP contribution in [0.5, 0.6) is 0 Å². The van der Waals surface area contributed by atoms with Crippen LogP contribution in [-0.4, -0.2) is 71.3 Å². The third-order valence-corrected chi connectivity index (χ3v) is 9.17. The fourth-order valence-corrected chi connectivity index (χ4v) is 6.58. The Morgan fingerprint density at radius 2 is 1.77 bits per heavy atom. The maximum absolute atomic E-state index is 14.1. The zero-order valence-corrected chi connectivity index (χ0v) is 28.0. The molecule has 5 atom stereocenters. The number of ether oxygens (including phenoxy) is 1. The molecule has 3 rings (SSSR count). The largest absolute Gasteiger partial charge is 0.444 e. The number of allylic oxidation sites excluding steroid dienone is 2. The smallest absolute Gasteiger partial charge is 0.408 e. The van der Waals surface area contributed by atoms with Crippen LogP contribution in [0.4, 0.5) is 4.79 Å². The first-order valence-electron chi connectivity index (χ1n) is 16.1. The van der Waals surface area contributed by atoms with Crippen molar-refractivity contribution in [2.45, 2.75) is 124 Å². The summed E-state index contributed by atoms with van der Waals surface area (Å²) in [6.45, 7) is 19.4. The number of alkyl carbamates (subject to hydrolysis) is 1. The van der Waals surface area contributed by atoms with E-state index in [1.54, 1.807) is 26.8 Å². The summed E-state index contributed by atoms with van der Waals surface area (Å²) in [5, 5.41) is 8.30. The molecule has 0 aromatic rings. The highest BCUT2D eigenvalue weighted by Gasteiger charge is 2.70. The summed E-state index contributed by atoms with van der Waals surface area (Å²) < 4.78 is 5.43. The van der Waals surface area contributed by atoms with Crippen LogP contribution in [0.1, 0.15) is 100 Å². The first-order chi connectivity index (χ1) is 20.4. The SMILES string of the molecule is C=CCCC(NC(=O)C1C2C(CN1C(=O)C(NC(=O)OC(C)(C)C)C(C)(C)C)C2(C)C)C(=O)C(=O)NCCC1=CCCCC1. The molecule has 44 heavy (non-hydrogen) atoms. The second-order valence-corrected chi connectivity index (χ2v) is 15.2. The number of likely N-dealkylation sites (tertiary alicyclic amines) is 1. The monoisotopic (exact) mass is 614 g/mol. The fourth-order valence-electron chi connectivity index (χ4n) is 6.58. The zero-order chi connectivity index (χ0) is 33.0. The molecule has 1 saturated carbocycles. The molecule has 0 aromatic heterocycles. The normalized spacial score (nSPS) is 23.8. The van der Waals surface area contributed by atoms with Gasteiger partial charge in [-0.2, -0.15) is 0 Å². The minimum absolute atomic E-state index is 0.101. The lowest BCUT2D eigenvalue weighted by Gasteiger charge is -2.38. The molecule has 3 aliphatic rings. The highest BCUT2D eigenvalue weighted by atomic mass is 16.6. The number of hydrogen-bond acceptors (Lipinski definition) is 6. The van der Waals surface area contributed by atoms with Crippen molar-refractivity contribution >= 4 is 29.6 Å². The number of rotatable bonds is 12. The molecule has 10 nitrogen and oxygen atoms in total. The minimum Gasteiger partial charge on any atom is -0.444 e. The Labute approximate surface area is 263 Å². The number of nitrogens with one attached hydrogen (secondary N) is 3. The zero-order valence-electron chi connectivity index (χ0n) is 28.0. The van der Waals surface area contributed by atoms with Gasteiger partial charge in [0.1, 0.15) is 17.7 Å². The van der Waals surface area contributed by atoms with E-state index in [4.69, 9.17) is 4.74 Å². The van der Waals surface area contributed by atoms with Gasteiger partial charge in [0.25, 0.3) is 5.91 Å². The topological polar surface area (TPSA) is 134 Å². The molecule has 1 saturated heterocycles. The van der Waals surface area contributed by atoms with Crippen molar-refractivity contribution in [3.63, 3.8) is 0 Å². The van der Waals surface area contributed by atoms with Crippen molar-refractivity contribution < 1.29 is 28.7 Å². The summed E-state index contributed by atoms with van der Waals surface area (Å²) in [4.78, 5) is 68.4. The van der Waals surface area contributed by atoms with Crippen molar-refractivity contribution in [2.75, 3.05) is 13.1 Å². The lowest BCUT2D eigenvalue weighted by Crippen LogP contribution is -2.60. The van der Waals surface area contributed by atoms with Crippen LogP contribution in [0.25, 0.3) is 0 Å². The number of ketones is 1. The highest BCUT2D eigenvalue weighted by Crippen LogP contribution is 2.65. The maximum Gasteiger partial charge on any atom is 0.408 e. The van der Waals surface area contributed by atoms with Gasteiger partial charge in [-0.3, -0.25) is 19.2 Å². The Balaban J connectivity index is 1.76. The summed E-state index contributed by atoms with van der Waals surface area (Å²) in [7, 11) is 0. The average molecular weight is 615 g/mol. The number of hydrogen-bond donors (Lipinski definition) is 3. The quantitative estimate of drug-likeness (QED) is 0.220. The number of fused-ring (bicyclic) bond motifs is 1. The predicted molar refractivity (Wildman–Crippen MR) is 169 cm³/mol. The van der Waals surface area contributed by atoms with E-state index in [-0.39, 0.29) is 29.6 Å². The lowest BCUT2D eigenvalue weighted by molar-refractivity contribution is -0.145. The molecule has 10 heteroatoms. The van der Waals surface area contributed by atoms with Crippen LogP contribution in [-0.2, 0) is 23.9 Å². The molecule has 3 N–H and O–H groups in total. The molecule has 0 aromatic carbocycles. The first kappa shape index (κ1) is 35.3. The van der Waals surface area contributed by atoms with Crippen LogP contribution in [0.15, 0.2) is 24.3 Å². The molecule has 0 spiro atoms. The van der Waals surface area contributed by atoms with Crippen molar-refractivity contribution in [3.8, 4) is 0 Å². The van der Waals surface area contributed by atoms with Crippen LogP contribution < -0.4 is 16.0 Å². The first-order valence-corrected chi connectivity index (χ1v) is 16.1. The number of carbonyl (C=O) groups is 5. The summed E-state index contributed by atoms with van der Waals surface area (Å²) in [5.41, 5.74) is -0.293. The molecular formula is C34H54N4O6. The van der Waals surface area contributed by atoms with Gasteiger partial charge >= 0.3 is 6.09 Å². The van der Waals surface area contributed by atoms with Crippen LogP contribution in [0.2, 0.25) is 0 Å². The second-order valence-electron chi connectivity index (χ2n) is 15.2. The van der Waals surface area contributed by atoms with Gasteiger partial charge in [-0.05, 0) is 88.4 Å². The molecule has 1 aliphatic heterocycles. The number of nitrogens with zero attached hydrogens (tertiary/aromatic N) is 1. The maximum atomic E-state index is 14.1. The summed E-state index contributed by atoms with van der Waals surface area (Å²) in [6, 6.07) is -2.84. The van der Waals surface area contributed by atoms with Gasteiger partial charge < -0.3 is 25.6 Å². The number of amides is 4. The average Bonchev–Trinajstić information content (AvgIpc) is 3.24. The summed E-state index contributed by atoms with van der Waals surface area (Å²) in [5.74, 6) is -2.29. The summed E-state index contributed by atoms with van der Waals surface area (Å²) in [6.07, 6.45) is 8.86. The second kappa shape index (κ2) is 13.9. The number of piperidine rings is 1. The van der Waals surface area contributed by atoms with E-state index in [0.29, 0.717) is 25.9 Å². The van der Waals surface area contributed by atoms with Crippen LogP contribution in [0.3, 0.4) is 0 Å². The lowest BCUT2D eigenvalue weighted by atomic mass is 9.85. The molecule has 5 unspecified atom stereocenters. The van der Waals surface area contributed by atoms with E-state index in [1.165, 1.54) is 16.9 Å². The van der Waals surface area contributed by atoms with Gasteiger partial charge in [-0.25, -0.2) is 4.79 Å². The predicted octanol–water partition coefficient (Wildman–Crippen LogP) is 4.44. The minimum atomic E-state index is -1.05. The number of Topliss-reactive ketones (excluding diaryl/α,β-unsaturated/α-hetero) is 1. The van der Waals surface area contributed by atoms with E-state index in [2.05, 4.69) is 42.5 Å². The molecule has 0 bridgehead atoms. The van der Waals surface area contributed by atoms with Crippen molar-refractivity contribution in [2.24, 2.45) is 22.7 Å². The third-order valence-electron chi connectivity index (χ3n) is 9.17. The Hall–Kier alpha value is -3.17. The van der Waals surface area contributed by atoms with Crippen LogP contribution >= 0.6 is 0 Å². The molecule has 2 fully saturated rings. The van der Waals surface area contributed by atoms with E-state index < -0.39 is 52.8 Å². The van der Waals surface area contributed by atoms with E-state index in [1.807, 2.05) is 20.8 Å². The standard InChI is InChI=1S/C34H54N4O6/c1-10-11-17-23(26(39)29(41)35-19-18-21-15-13-12-14-16-21)36-28(40)25-24-22(34(24,8)9)20-38(25)30(42)27(32(2,3)4)37-31(43)44-33(5,6)7/h10,15,22-25,27H,1,11-14,16-20H2,2-9H3,(H,35,41)(H,36,40)(H,37,43). The van der Waals surface area contributed by atoms with Gasteiger partial charge in [0, 0.05) is 13.1 Å². The van der Waals surface area contributed by atoms with Gasteiger partial charge in [0.05, 0.1) is 6.04 Å². The van der Waals surface area contributed by atoms with Crippen molar-refractivity contribution in [1.29, 1.82) is 0 Å². The van der Waals surface area contributed by atoms with Crippen molar-refractivity contribution in [1.82, 2.24) is 20.9 Å². The summed E-state index contributed by atoms with van der Waals surface area (Å²) >= 11 is 0. The Bertz CT molecular complexity index is 1160. The molecule has 246 valence electrons. The van der Waals surface area contributed by atoms with E-state index >= 15 is 0 Å². The highest BCUT2D eigenvalue weighted by molar-refractivity contribution is 6.38. The molecule has 0 radical (unpaired) electrons. The van der Waals surface area contributed by atoms with E-state index in [0.717, 1.165) is 19.3 Å². The Morgan fingerprint density at radius 3 is 2.34 bits per heavy atom. The molecule has 4 amide bonds. The molecular weight excluding hydrogens is 560 g/mol. The Kier molecular flexibility index (Phi) is 11.1. The molecule has 1 heterocycles. The van der Waals surface area contributed by atoms with Crippen molar-refractivity contribution in [3.05, 3.63) is 24.3 Å². The van der Waals surface area contributed by atoms with Crippen LogP contribution in [0, 0.1) is 22.7 Å². The Morgan fingerprint density at radius 1 is 1.09 bits per heavy atom. The van der Waals surface area contributed by atoms with Gasteiger partial charge in [0.2, 0.25) is 17.6 Å².